The topological polar surface area (TPSA) is 71.2 Å². The fourth-order valence-electron chi connectivity index (χ4n) is 1.87. The number of pyridine rings is 1. The second-order valence-electron chi connectivity index (χ2n) is 4.34. The van der Waals surface area contributed by atoms with Gasteiger partial charge in [-0.25, -0.2) is 5.84 Å². The molecule has 1 amide bonds. The van der Waals surface area contributed by atoms with E-state index in [1.807, 2.05) is 18.2 Å². The quantitative estimate of drug-likeness (QED) is 0.431. The number of carbonyl (C=O) groups excluding carboxylic acids is 1. The van der Waals surface area contributed by atoms with Crippen molar-refractivity contribution in [2.75, 3.05) is 6.54 Å². The van der Waals surface area contributed by atoms with Crippen molar-refractivity contribution < 1.29 is 4.79 Å². The molecule has 0 radical (unpaired) electrons. The van der Waals surface area contributed by atoms with E-state index in [1.54, 1.807) is 6.20 Å². The molecule has 5 nitrogen and oxygen atoms in total. The maximum atomic E-state index is 11.1. The molecule has 1 heterocycles. The number of aromatic nitrogens is 1. The van der Waals surface area contributed by atoms with Crippen LogP contribution in [0.5, 0.6) is 0 Å². The molecule has 1 unspecified atom stereocenters. The van der Waals surface area contributed by atoms with Gasteiger partial charge in [0.05, 0.1) is 5.69 Å². The minimum absolute atomic E-state index is 0.115. The Bertz CT molecular complexity index is 355. The van der Waals surface area contributed by atoms with E-state index >= 15 is 0 Å². The minimum atomic E-state index is -0.115. The summed E-state index contributed by atoms with van der Waals surface area (Å²) in [5.41, 5.74) is 3.21. The first-order valence-corrected chi connectivity index (χ1v) is 6.30. The van der Waals surface area contributed by atoms with Crippen LogP contribution >= 0.6 is 0 Å². The van der Waals surface area contributed by atoms with Gasteiger partial charge in [-0.1, -0.05) is 13.0 Å². The molecule has 0 aliphatic rings. The van der Waals surface area contributed by atoms with Crippen LogP contribution in [0.25, 0.3) is 0 Å². The number of rotatable bonds is 7. The molecule has 0 fully saturated rings. The van der Waals surface area contributed by atoms with Gasteiger partial charge < -0.3 is 0 Å². The molecule has 0 bridgehead atoms. The van der Waals surface area contributed by atoms with E-state index in [9.17, 15) is 4.79 Å². The molecule has 0 aliphatic carbocycles. The molecule has 0 aromatic carbocycles. The average molecular weight is 250 g/mol. The number of carbonyl (C=O) groups is 1. The van der Waals surface area contributed by atoms with Crippen molar-refractivity contribution in [3.8, 4) is 0 Å². The number of nitrogens with one attached hydrogen (secondary N) is 1. The van der Waals surface area contributed by atoms with Gasteiger partial charge in [0.15, 0.2) is 0 Å². The van der Waals surface area contributed by atoms with Gasteiger partial charge >= 0.3 is 0 Å². The van der Waals surface area contributed by atoms with Crippen molar-refractivity contribution in [1.29, 1.82) is 0 Å². The lowest BCUT2D eigenvalue weighted by atomic mass is 10.1. The van der Waals surface area contributed by atoms with E-state index in [0.717, 1.165) is 25.2 Å². The highest BCUT2D eigenvalue weighted by Gasteiger charge is 2.14. The standard InChI is InChI=1S/C13H22N4O/c1-3-17(10-12-6-4-5-9-15-12)11(2)7-8-13(18)16-14/h4-6,9,11H,3,7-8,10,14H2,1-2H3,(H,16,18). The van der Waals surface area contributed by atoms with Crippen LogP contribution in [0.15, 0.2) is 24.4 Å². The molecule has 1 aromatic heterocycles. The Hall–Kier alpha value is -1.46. The van der Waals surface area contributed by atoms with Crippen molar-refractivity contribution in [3.63, 3.8) is 0 Å². The molecule has 0 saturated carbocycles. The zero-order valence-electron chi connectivity index (χ0n) is 11.1. The summed E-state index contributed by atoms with van der Waals surface area (Å²) in [6.07, 6.45) is 3.05. The van der Waals surface area contributed by atoms with E-state index in [4.69, 9.17) is 5.84 Å². The summed E-state index contributed by atoms with van der Waals surface area (Å²) >= 11 is 0. The molecular weight excluding hydrogens is 228 g/mol. The second-order valence-corrected chi connectivity index (χ2v) is 4.34. The fraction of sp³-hybridized carbons (Fsp3) is 0.538. The minimum Gasteiger partial charge on any atom is -0.295 e. The lowest BCUT2D eigenvalue weighted by Gasteiger charge is -2.27. The number of nitrogens with zero attached hydrogens (tertiary/aromatic N) is 2. The van der Waals surface area contributed by atoms with Gasteiger partial charge in [0.2, 0.25) is 5.91 Å². The molecule has 0 saturated heterocycles. The Balaban J connectivity index is 2.47. The van der Waals surface area contributed by atoms with Crippen LogP contribution in [0.2, 0.25) is 0 Å². The molecule has 5 heteroatoms. The normalized spacial score (nSPS) is 12.4. The number of hydrazine groups is 1. The summed E-state index contributed by atoms with van der Waals surface area (Å²) in [6.45, 7) is 5.98. The zero-order valence-corrected chi connectivity index (χ0v) is 11.1. The monoisotopic (exact) mass is 250 g/mol. The van der Waals surface area contributed by atoms with Crippen LogP contribution in [-0.4, -0.2) is 28.4 Å². The van der Waals surface area contributed by atoms with E-state index in [0.29, 0.717) is 12.5 Å². The van der Waals surface area contributed by atoms with Gasteiger partial charge in [0.25, 0.3) is 0 Å². The SMILES string of the molecule is CCN(Cc1ccccn1)C(C)CCC(=O)NN. The summed E-state index contributed by atoms with van der Waals surface area (Å²) in [4.78, 5) is 17.7. The summed E-state index contributed by atoms with van der Waals surface area (Å²) in [7, 11) is 0. The van der Waals surface area contributed by atoms with Crippen LogP contribution in [0, 0.1) is 0 Å². The molecule has 100 valence electrons. The summed E-state index contributed by atoms with van der Waals surface area (Å²) < 4.78 is 0. The van der Waals surface area contributed by atoms with Gasteiger partial charge in [-0.2, -0.15) is 0 Å². The molecule has 1 atom stereocenters. The molecule has 0 aliphatic heterocycles. The number of nitrogens with two attached hydrogens (primary N) is 1. The van der Waals surface area contributed by atoms with Crippen LogP contribution in [0.1, 0.15) is 32.4 Å². The predicted octanol–water partition coefficient (Wildman–Crippen LogP) is 1.06. The first-order valence-electron chi connectivity index (χ1n) is 6.30. The highest BCUT2D eigenvalue weighted by molar-refractivity contribution is 5.75. The average Bonchev–Trinajstić information content (AvgIpc) is 2.42. The molecule has 0 spiro atoms. The largest absolute Gasteiger partial charge is 0.295 e. The lowest BCUT2D eigenvalue weighted by molar-refractivity contribution is -0.121. The van der Waals surface area contributed by atoms with Gasteiger partial charge in [-0.15, -0.1) is 0 Å². The van der Waals surface area contributed by atoms with E-state index < -0.39 is 0 Å². The molecule has 1 rings (SSSR count). The fourth-order valence-corrected chi connectivity index (χ4v) is 1.87. The predicted molar refractivity (Wildman–Crippen MR) is 71.3 cm³/mol. The van der Waals surface area contributed by atoms with Crippen LogP contribution in [0.4, 0.5) is 0 Å². The third-order valence-corrected chi connectivity index (χ3v) is 3.07. The van der Waals surface area contributed by atoms with E-state index in [-0.39, 0.29) is 5.91 Å². The van der Waals surface area contributed by atoms with Gasteiger partial charge in [-0.05, 0) is 32.0 Å². The maximum absolute atomic E-state index is 11.1. The van der Waals surface area contributed by atoms with Crippen molar-refractivity contribution in [2.24, 2.45) is 5.84 Å². The number of hydrogen-bond acceptors (Lipinski definition) is 4. The van der Waals surface area contributed by atoms with Crippen LogP contribution in [-0.2, 0) is 11.3 Å². The highest BCUT2D eigenvalue weighted by Crippen LogP contribution is 2.10. The third kappa shape index (κ3) is 4.81. The van der Waals surface area contributed by atoms with Crippen molar-refractivity contribution in [2.45, 2.75) is 39.3 Å². The molecule has 18 heavy (non-hydrogen) atoms. The van der Waals surface area contributed by atoms with Crippen LogP contribution < -0.4 is 11.3 Å². The summed E-state index contributed by atoms with van der Waals surface area (Å²) in [5, 5.41) is 0. The molecular formula is C13H22N4O. The summed E-state index contributed by atoms with van der Waals surface area (Å²) in [6, 6.07) is 6.24. The van der Waals surface area contributed by atoms with Crippen molar-refractivity contribution in [1.82, 2.24) is 15.3 Å². The highest BCUT2D eigenvalue weighted by atomic mass is 16.2. The Morgan fingerprint density at radius 2 is 2.33 bits per heavy atom. The van der Waals surface area contributed by atoms with Crippen molar-refractivity contribution >= 4 is 5.91 Å². The number of amides is 1. The Morgan fingerprint density at radius 1 is 1.56 bits per heavy atom. The first kappa shape index (κ1) is 14.6. The lowest BCUT2D eigenvalue weighted by Crippen LogP contribution is -2.35. The third-order valence-electron chi connectivity index (χ3n) is 3.07. The summed E-state index contributed by atoms with van der Waals surface area (Å²) in [5.74, 6) is 4.95. The van der Waals surface area contributed by atoms with E-state index in [1.165, 1.54) is 0 Å². The van der Waals surface area contributed by atoms with Gasteiger partial charge in [-0.3, -0.25) is 20.1 Å². The Kier molecular flexibility index (Phi) is 6.32. The van der Waals surface area contributed by atoms with Gasteiger partial charge in [0.1, 0.15) is 0 Å². The van der Waals surface area contributed by atoms with Crippen LogP contribution in [0.3, 0.4) is 0 Å². The number of hydrogen-bond donors (Lipinski definition) is 2. The van der Waals surface area contributed by atoms with Gasteiger partial charge in [0, 0.05) is 25.2 Å². The maximum Gasteiger partial charge on any atom is 0.233 e. The molecule has 3 N–H and O–H groups in total. The smallest absolute Gasteiger partial charge is 0.233 e. The Morgan fingerprint density at radius 3 is 2.89 bits per heavy atom. The zero-order chi connectivity index (χ0) is 13.4. The van der Waals surface area contributed by atoms with Crippen molar-refractivity contribution in [3.05, 3.63) is 30.1 Å². The molecule has 1 aromatic rings. The van der Waals surface area contributed by atoms with E-state index in [2.05, 4.69) is 29.2 Å². The second kappa shape index (κ2) is 7.79. The first-order chi connectivity index (χ1) is 8.67. The Labute approximate surface area is 108 Å².